The highest BCUT2D eigenvalue weighted by molar-refractivity contribution is 7.91. The SMILES string of the molecule is COc1ccccc1/C=C/C(=O)NNC(=O)[C@H]1CCS(=O)(=O)C1. The lowest BCUT2D eigenvalue weighted by Crippen LogP contribution is -2.44. The van der Waals surface area contributed by atoms with Gasteiger partial charge in [0.05, 0.1) is 24.5 Å². The van der Waals surface area contributed by atoms with E-state index in [1.165, 1.54) is 13.2 Å². The number of carbonyl (C=O) groups excluding carboxylic acids is 2. The Kier molecular flexibility index (Phi) is 5.38. The van der Waals surface area contributed by atoms with Crippen molar-refractivity contribution in [2.45, 2.75) is 6.42 Å². The van der Waals surface area contributed by atoms with Crippen LogP contribution in [0.15, 0.2) is 30.3 Å². The number of para-hydroxylation sites is 1. The Balaban J connectivity index is 1.85. The second-order valence-corrected chi connectivity index (χ2v) is 7.38. The molecular weight excluding hydrogens is 320 g/mol. The van der Waals surface area contributed by atoms with Gasteiger partial charge in [0.2, 0.25) is 5.91 Å². The van der Waals surface area contributed by atoms with Gasteiger partial charge in [-0.2, -0.15) is 0 Å². The summed E-state index contributed by atoms with van der Waals surface area (Å²) in [4.78, 5) is 23.5. The highest BCUT2D eigenvalue weighted by Crippen LogP contribution is 2.19. The zero-order valence-corrected chi connectivity index (χ0v) is 13.4. The predicted molar refractivity (Wildman–Crippen MR) is 85.1 cm³/mol. The first-order valence-corrected chi connectivity index (χ1v) is 8.85. The highest BCUT2D eigenvalue weighted by atomic mass is 32.2. The highest BCUT2D eigenvalue weighted by Gasteiger charge is 2.32. The van der Waals surface area contributed by atoms with Crippen molar-refractivity contribution in [2.75, 3.05) is 18.6 Å². The summed E-state index contributed by atoms with van der Waals surface area (Å²) in [6.07, 6.45) is 3.09. The molecule has 0 saturated carbocycles. The number of benzene rings is 1. The summed E-state index contributed by atoms with van der Waals surface area (Å²) >= 11 is 0. The predicted octanol–water partition coefficient (Wildman–Crippen LogP) is 0.290. The normalized spacial score (nSPS) is 19.4. The third-order valence-corrected chi connectivity index (χ3v) is 5.23. The Morgan fingerprint density at radius 2 is 2.00 bits per heavy atom. The lowest BCUT2D eigenvalue weighted by Gasteiger charge is -2.09. The molecule has 8 heteroatoms. The molecule has 124 valence electrons. The monoisotopic (exact) mass is 338 g/mol. The summed E-state index contributed by atoms with van der Waals surface area (Å²) in [5, 5.41) is 0. The van der Waals surface area contributed by atoms with Gasteiger partial charge in [-0.1, -0.05) is 18.2 Å². The molecule has 23 heavy (non-hydrogen) atoms. The standard InChI is InChI=1S/C15H18N2O5S/c1-22-13-5-3-2-4-11(13)6-7-14(18)16-17-15(19)12-8-9-23(20,21)10-12/h2-7,12H,8-10H2,1H3,(H,16,18)(H,17,19)/b7-6+/t12-/m0/s1. The molecule has 1 aromatic rings. The van der Waals surface area contributed by atoms with Gasteiger partial charge in [-0.3, -0.25) is 20.4 Å². The van der Waals surface area contributed by atoms with Gasteiger partial charge in [-0.25, -0.2) is 8.42 Å². The number of amides is 2. The van der Waals surface area contributed by atoms with Crippen molar-refractivity contribution in [2.24, 2.45) is 5.92 Å². The number of hydrogen-bond acceptors (Lipinski definition) is 5. The summed E-state index contributed by atoms with van der Waals surface area (Å²) in [7, 11) is -1.60. The van der Waals surface area contributed by atoms with Crippen LogP contribution in [-0.4, -0.2) is 38.8 Å². The molecule has 1 aliphatic heterocycles. The lowest BCUT2D eigenvalue weighted by atomic mass is 10.1. The Morgan fingerprint density at radius 3 is 2.65 bits per heavy atom. The van der Waals surface area contributed by atoms with Crippen molar-refractivity contribution in [1.82, 2.24) is 10.9 Å². The van der Waals surface area contributed by atoms with Crippen LogP contribution < -0.4 is 15.6 Å². The minimum absolute atomic E-state index is 0.00668. The maximum Gasteiger partial charge on any atom is 0.262 e. The van der Waals surface area contributed by atoms with Gasteiger partial charge < -0.3 is 4.74 Å². The number of hydrazine groups is 1. The molecule has 0 aliphatic carbocycles. The first kappa shape index (κ1) is 17.0. The second-order valence-electron chi connectivity index (χ2n) is 5.15. The van der Waals surface area contributed by atoms with E-state index in [4.69, 9.17) is 4.74 Å². The molecule has 7 nitrogen and oxygen atoms in total. The molecule has 0 bridgehead atoms. The molecule has 2 rings (SSSR count). The van der Waals surface area contributed by atoms with E-state index in [0.717, 1.165) is 5.56 Å². The summed E-state index contributed by atoms with van der Waals surface area (Å²) < 4.78 is 27.8. The third kappa shape index (κ3) is 4.82. The average Bonchev–Trinajstić information content (AvgIpc) is 2.91. The van der Waals surface area contributed by atoms with Crippen molar-refractivity contribution >= 4 is 27.7 Å². The van der Waals surface area contributed by atoms with Gasteiger partial charge in [0.1, 0.15) is 5.75 Å². The molecule has 0 aromatic heterocycles. The van der Waals surface area contributed by atoms with Crippen molar-refractivity contribution in [3.63, 3.8) is 0 Å². The maximum absolute atomic E-state index is 11.8. The van der Waals surface area contributed by atoms with Crippen molar-refractivity contribution in [1.29, 1.82) is 0 Å². The van der Waals surface area contributed by atoms with Gasteiger partial charge in [-0.05, 0) is 18.6 Å². The largest absolute Gasteiger partial charge is 0.496 e. The van der Waals surface area contributed by atoms with Gasteiger partial charge in [-0.15, -0.1) is 0 Å². The molecule has 1 aliphatic rings. The Hall–Kier alpha value is -2.35. The molecule has 2 amide bonds. The number of sulfone groups is 1. The molecule has 0 unspecified atom stereocenters. The first-order chi connectivity index (χ1) is 10.9. The van der Waals surface area contributed by atoms with Crippen LogP contribution in [-0.2, 0) is 19.4 Å². The number of rotatable bonds is 4. The van der Waals surface area contributed by atoms with Gasteiger partial charge in [0.25, 0.3) is 5.91 Å². The van der Waals surface area contributed by atoms with E-state index in [1.54, 1.807) is 18.2 Å². The fraction of sp³-hybridized carbons (Fsp3) is 0.333. The Morgan fingerprint density at radius 1 is 1.26 bits per heavy atom. The van der Waals surface area contributed by atoms with E-state index in [1.807, 2.05) is 12.1 Å². The first-order valence-electron chi connectivity index (χ1n) is 7.02. The molecule has 1 saturated heterocycles. The summed E-state index contributed by atoms with van der Waals surface area (Å²) in [5.41, 5.74) is 5.20. The van der Waals surface area contributed by atoms with Crippen LogP contribution in [0.2, 0.25) is 0 Å². The quantitative estimate of drug-likeness (QED) is 0.607. The topological polar surface area (TPSA) is 102 Å². The van der Waals surface area contributed by atoms with Crippen molar-refractivity contribution in [3.8, 4) is 5.75 Å². The summed E-state index contributed by atoms with van der Waals surface area (Å²) in [6, 6.07) is 7.17. The molecule has 2 N–H and O–H groups in total. The molecular formula is C15H18N2O5S. The lowest BCUT2D eigenvalue weighted by molar-refractivity contribution is -0.129. The van der Waals surface area contributed by atoms with Crippen molar-refractivity contribution in [3.05, 3.63) is 35.9 Å². The number of ether oxygens (including phenoxy) is 1. The summed E-state index contributed by atoms with van der Waals surface area (Å²) in [5.74, 6) is -1.18. The smallest absolute Gasteiger partial charge is 0.262 e. The zero-order chi connectivity index (χ0) is 16.9. The number of hydrogen-bond donors (Lipinski definition) is 2. The van der Waals surface area contributed by atoms with E-state index >= 15 is 0 Å². The van der Waals surface area contributed by atoms with E-state index < -0.39 is 27.6 Å². The molecule has 0 radical (unpaired) electrons. The van der Waals surface area contributed by atoms with Crippen molar-refractivity contribution < 1.29 is 22.7 Å². The fourth-order valence-corrected chi connectivity index (χ4v) is 3.98. The van der Waals surface area contributed by atoms with E-state index in [9.17, 15) is 18.0 Å². The van der Waals surface area contributed by atoms with Crippen LogP contribution in [0.4, 0.5) is 0 Å². The molecule has 1 aromatic carbocycles. The molecule has 1 fully saturated rings. The zero-order valence-electron chi connectivity index (χ0n) is 12.6. The number of nitrogens with one attached hydrogen (secondary N) is 2. The minimum Gasteiger partial charge on any atom is -0.496 e. The number of methoxy groups -OCH3 is 1. The van der Waals surface area contributed by atoms with Crippen LogP contribution in [0, 0.1) is 5.92 Å². The van der Waals surface area contributed by atoms with Gasteiger partial charge in [0.15, 0.2) is 9.84 Å². The van der Waals surface area contributed by atoms with Gasteiger partial charge >= 0.3 is 0 Å². The Labute approximate surface area is 134 Å². The van der Waals surface area contributed by atoms with Crippen LogP contribution in [0.5, 0.6) is 5.75 Å². The van der Waals surface area contributed by atoms with E-state index in [2.05, 4.69) is 10.9 Å². The molecule has 1 atom stereocenters. The second kappa shape index (κ2) is 7.28. The van der Waals surface area contributed by atoms with Crippen LogP contribution in [0.25, 0.3) is 6.08 Å². The van der Waals surface area contributed by atoms with E-state index in [-0.39, 0.29) is 17.9 Å². The maximum atomic E-state index is 11.8. The number of carbonyl (C=O) groups is 2. The Bertz CT molecular complexity index is 727. The van der Waals surface area contributed by atoms with Crippen LogP contribution >= 0.6 is 0 Å². The fourth-order valence-electron chi connectivity index (χ4n) is 2.24. The van der Waals surface area contributed by atoms with Gasteiger partial charge in [0, 0.05) is 11.6 Å². The average molecular weight is 338 g/mol. The molecule has 0 spiro atoms. The molecule has 1 heterocycles. The third-order valence-electron chi connectivity index (χ3n) is 3.47. The van der Waals surface area contributed by atoms with E-state index in [0.29, 0.717) is 5.75 Å². The minimum atomic E-state index is -3.13. The summed E-state index contributed by atoms with van der Waals surface area (Å²) in [6.45, 7) is 0. The van der Waals surface area contributed by atoms with Crippen LogP contribution in [0.1, 0.15) is 12.0 Å². The van der Waals surface area contributed by atoms with Crippen LogP contribution in [0.3, 0.4) is 0 Å².